The highest BCUT2D eigenvalue weighted by Gasteiger charge is 2.38. The minimum Gasteiger partial charge on any atom is -0.365 e. The molecule has 0 aromatic heterocycles. The molecule has 0 N–H and O–H groups in total. The van der Waals surface area contributed by atoms with E-state index in [1.807, 2.05) is 18.2 Å². The molecule has 0 bridgehead atoms. The minimum atomic E-state index is -0.0603. The normalized spacial score (nSPS) is 24.8. The summed E-state index contributed by atoms with van der Waals surface area (Å²) in [5.74, 6) is 0. The Morgan fingerprint density at radius 1 is 1.04 bits per heavy atom. The highest BCUT2D eigenvalue weighted by Crippen LogP contribution is 2.36. The average molecular weight is 358 g/mol. The summed E-state index contributed by atoms with van der Waals surface area (Å²) in [7, 11) is 2.22. The summed E-state index contributed by atoms with van der Waals surface area (Å²) in [6, 6.07) is 19.0. The third-order valence-corrected chi connectivity index (χ3v) is 5.80. The van der Waals surface area contributed by atoms with E-state index >= 15 is 0 Å². The molecule has 25 heavy (non-hydrogen) atoms. The van der Waals surface area contributed by atoms with Crippen molar-refractivity contribution in [1.29, 1.82) is 0 Å². The van der Waals surface area contributed by atoms with Crippen LogP contribution in [0.5, 0.6) is 0 Å². The van der Waals surface area contributed by atoms with Crippen LogP contribution in [0.25, 0.3) is 0 Å². The second kappa shape index (κ2) is 7.49. The van der Waals surface area contributed by atoms with Crippen molar-refractivity contribution in [2.24, 2.45) is 0 Å². The van der Waals surface area contributed by atoms with Gasteiger partial charge in [-0.3, -0.25) is 4.90 Å². The van der Waals surface area contributed by atoms with Crippen LogP contribution in [-0.2, 0) is 4.74 Å². The van der Waals surface area contributed by atoms with E-state index in [2.05, 4.69) is 69.1 Å². The van der Waals surface area contributed by atoms with Crippen molar-refractivity contribution in [3.05, 3.63) is 70.7 Å². The Kier molecular flexibility index (Phi) is 5.52. The third-order valence-electron chi connectivity index (χ3n) is 5.55. The lowest BCUT2D eigenvalue weighted by Gasteiger charge is -2.48. The lowest BCUT2D eigenvalue weighted by atomic mass is 9.85. The summed E-state index contributed by atoms with van der Waals surface area (Å²) in [6.07, 6.45) is 2.26. The van der Waals surface area contributed by atoms with Gasteiger partial charge in [0.05, 0.1) is 6.10 Å². The zero-order valence-electron chi connectivity index (χ0n) is 15.6. The first kappa shape index (κ1) is 18.4. The van der Waals surface area contributed by atoms with Gasteiger partial charge in [-0.1, -0.05) is 54.1 Å². The van der Waals surface area contributed by atoms with Crippen LogP contribution in [0.3, 0.4) is 0 Å². The van der Waals surface area contributed by atoms with Gasteiger partial charge in [0.2, 0.25) is 0 Å². The van der Waals surface area contributed by atoms with Gasteiger partial charge in [0, 0.05) is 16.6 Å². The molecule has 0 amide bonds. The first-order chi connectivity index (χ1) is 11.9. The summed E-state index contributed by atoms with van der Waals surface area (Å²) in [5, 5.41) is 0.754. The van der Waals surface area contributed by atoms with E-state index < -0.39 is 0 Å². The Bertz CT molecular complexity index is 683. The molecule has 3 unspecified atom stereocenters. The Balaban J connectivity index is 1.87. The van der Waals surface area contributed by atoms with Gasteiger partial charge in [0.1, 0.15) is 6.10 Å². The Hall–Kier alpha value is -1.35. The zero-order chi connectivity index (χ0) is 18.0. The third kappa shape index (κ3) is 4.25. The maximum absolute atomic E-state index is 6.69. The molecule has 2 aromatic carbocycles. The highest BCUT2D eigenvalue weighted by molar-refractivity contribution is 6.30. The van der Waals surface area contributed by atoms with Crippen molar-refractivity contribution in [3.8, 4) is 0 Å². The number of rotatable bonds is 4. The van der Waals surface area contributed by atoms with Crippen molar-refractivity contribution < 1.29 is 4.74 Å². The van der Waals surface area contributed by atoms with Gasteiger partial charge in [-0.15, -0.1) is 0 Å². The summed E-state index contributed by atoms with van der Waals surface area (Å²) in [5.41, 5.74) is 2.48. The fourth-order valence-corrected chi connectivity index (χ4v) is 3.96. The number of hydrogen-bond acceptors (Lipinski definition) is 2. The molecule has 0 aliphatic carbocycles. The molecular formula is C22H28ClNO. The smallest absolute Gasteiger partial charge is 0.108 e. The van der Waals surface area contributed by atoms with Gasteiger partial charge in [-0.05, 0) is 63.9 Å². The van der Waals surface area contributed by atoms with Crippen LogP contribution in [0.4, 0.5) is 0 Å². The van der Waals surface area contributed by atoms with Crippen LogP contribution >= 0.6 is 11.6 Å². The summed E-state index contributed by atoms with van der Waals surface area (Å²) in [6.45, 7) is 6.90. The van der Waals surface area contributed by atoms with Crippen molar-refractivity contribution in [3.63, 3.8) is 0 Å². The van der Waals surface area contributed by atoms with Gasteiger partial charge in [-0.2, -0.15) is 0 Å². The topological polar surface area (TPSA) is 12.5 Å². The van der Waals surface area contributed by atoms with Crippen molar-refractivity contribution in [2.45, 2.75) is 57.4 Å². The first-order valence-corrected chi connectivity index (χ1v) is 9.43. The number of piperidine rings is 1. The number of benzene rings is 2. The number of nitrogens with zero attached hydrogens (tertiary/aromatic N) is 1. The van der Waals surface area contributed by atoms with Gasteiger partial charge in [-0.25, -0.2) is 0 Å². The Morgan fingerprint density at radius 2 is 1.64 bits per heavy atom. The van der Waals surface area contributed by atoms with E-state index in [1.165, 1.54) is 5.56 Å². The van der Waals surface area contributed by atoms with Crippen LogP contribution in [0.2, 0.25) is 5.02 Å². The fourth-order valence-electron chi connectivity index (χ4n) is 3.83. The number of halogens is 1. The van der Waals surface area contributed by atoms with E-state index in [4.69, 9.17) is 16.3 Å². The van der Waals surface area contributed by atoms with Crippen molar-refractivity contribution in [2.75, 3.05) is 7.05 Å². The molecule has 1 aliphatic rings. The molecule has 0 radical (unpaired) electrons. The van der Waals surface area contributed by atoms with Crippen molar-refractivity contribution in [1.82, 2.24) is 4.90 Å². The molecule has 1 heterocycles. The Labute approximate surface area is 156 Å². The molecule has 1 fully saturated rings. The molecule has 3 heteroatoms. The second-order valence-electron chi connectivity index (χ2n) is 7.81. The maximum atomic E-state index is 6.69. The van der Waals surface area contributed by atoms with Crippen LogP contribution in [-0.4, -0.2) is 29.6 Å². The quantitative estimate of drug-likeness (QED) is 0.695. The second-order valence-corrected chi connectivity index (χ2v) is 8.25. The summed E-state index contributed by atoms with van der Waals surface area (Å²) in [4.78, 5) is 2.46. The molecule has 0 spiro atoms. The molecule has 2 nitrogen and oxygen atoms in total. The van der Waals surface area contributed by atoms with Crippen LogP contribution in [0.1, 0.15) is 50.8 Å². The number of ether oxygens (including phenoxy) is 1. The average Bonchev–Trinajstić information content (AvgIpc) is 2.59. The van der Waals surface area contributed by atoms with E-state index in [-0.39, 0.29) is 17.7 Å². The zero-order valence-corrected chi connectivity index (χ0v) is 16.3. The van der Waals surface area contributed by atoms with E-state index in [1.54, 1.807) is 0 Å². The van der Waals surface area contributed by atoms with Crippen LogP contribution in [0.15, 0.2) is 54.6 Å². The van der Waals surface area contributed by atoms with Crippen LogP contribution in [0, 0.1) is 0 Å². The number of likely N-dealkylation sites (tertiary alicyclic amines) is 1. The number of hydrogen-bond donors (Lipinski definition) is 0. The predicted molar refractivity (Wildman–Crippen MR) is 105 cm³/mol. The monoisotopic (exact) mass is 357 g/mol. The Morgan fingerprint density at radius 3 is 2.24 bits per heavy atom. The van der Waals surface area contributed by atoms with E-state index in [0.717, 1.165) is 23.4 Å². The molecule has 0 saturated carbocycles. The van der Waals surface area contributed by atoms with Gasteiger partial charge < -0.3 is 4.74 Å². The molecular weight excluding hydrogens is 330 g/mol. The highest BCUT2D eigenvalue weighted by atomic mass is 35.5. The van der Waals surface area contributed by atoms with Crippen LogP contribution < -0.4 is 0 Å². The molecule has 3 atom stereocenters. The molecule has 134 valence electrons. The molecule has 1 saturated heterocycles. The lowest BCUT2D eigenvalue weighted by molar-refractivity contribution is -0.0784. The van der Waals surface area contributed by atoms with E-state index in [0.29, 0.717) is 6.04 Å². The largest absolute Gasteiger partial charge is 0.365 e. The SMILES string of the molecule is CC1CC(OC(c2ccccc2)c2ccc(Cl)cc2)CC(C)(C)N1C. The summed E-state index contributed by atoms with van der Waals surface area (Å²) >= 11 is 6.08. The van der Waals surface area contributed by atoms with E-state index in [9.17, 15) is 0 Å². The minimum absolute atomic E-state index is 0.0603. The van der Waals surface area contributed by atoms with Gasteiger partial charge in [0.25, 0.3) is 0 Å². The summed E-state index contributed by atoms with van der Waals surface area (Å²) < 4.78 is 6.69. The predicted octanol–water partition coefficient (Wildman–Crippen LogP) is 5.71. The molecule has 2 aromatic rings. The molecule has 1 aliphatic heterocycles. The van der Waals surface area contributed by atoms with Gasteiger partial charge >= 0.3 is 0 Å². The standard InChI is InChI=1S/C22H28ClNO/c1-16-14-20(15-22(2,3)24(16)4)25-21(17-8-6-5-7-9-17)18-10-12-19(23)13-11-18/h5-13,16,20-21H,14-15H2,1-4H3. The first-order valence-electron chi connectivity index (χ1n) is 9.05. The van der Waals surface area contributed by atoms with Gasteiger partial charge in [0.15, 0.2) is 0 Å². The fraction of sp³-hybridized carbons (Fsp3) is 0.455. The molecule has 3 rings (SSSR count). The lowest BCUT2D eigenvalue weighted by Crippen LogP contribution is -2.54. The van der Waals surface area contributed by atoms with Crippen molar-refractivity contribution >= 4 is 11.6 Å². The maximum Gasteiger partial charge on any atom is 0.108 e.